The topological polar surface area (TPSA) is 75.4 Å². The predicted octanol–water partition coefficient (Wildman–Crippen LogP) is 2.53. The summed E-state index contributed by atoms with van der Waals surface area (Å²) in [6.45, 7) is 4.47. The summed E-state index contributed by atoms with van der Waals surface area (Å²) in [7, 11) is 0. The highest BCUT2D eigenvalue weighted by atomic mass is 35.5. The lowest BCUT2D eigenvalue weighted by molar-refractivity contribution is -0.118. The maximum atomic E-state index is 12.3. The van der Waals surface area contributed by atoms with Crippen LogP contribution in [0.5, 0.6) is 0 Å². The Kier molecular flexibility index (Phi) is 8.33. The summed E-state index contributed by atoms with van der Waals surface area (Å²) in [5, 5.41) is 3.12. The van der Waals surface area contributed by atoms with E-state index < -0.39 is 0 Å². The number of nitrogens with one attached hydrogen (secondary N) is 1. The van der Waals surface area contributed by atoms with Gasteiger partial charge in [0.2, 0.25) is 5.91 Å². The van der Waals surface area contributed by atoms with E-state index in [9.17, 15) is 9.59 Å². The molecule has 2 heterocycles. The van der Waals surface area contributed by atoms with Crippen LogP contribution in [0.25, 0.3) is 0 Å². The first-order valence-electron chi connectivity index (χ1n) is 7.56. The second kappa shape index (κ2) is 9.47. The Hall–Kier alpha value is -0.820. The van der Waals surface area contributed by atoms with E-state index in [2.05, 4.69) is 17.1 Å². The van der Waals surface area contributed by atoms with Gasteiger partial charge >= 0.3 is 0 Å². The van der Waals surface area contributed by atoms with E-state index in [4.69, 9.17) is 17.3 Å². The van der Waals surface area contributed by atoms with Crippen molar-refractivity contribution in [2.24, 2.45) is 11.7 Å². The predicted molar refractivity (Wildman–Crippen MR) is 96.5 cm³/mol. The summed E-state index contributed by atoms with van der Waals surface area (Å²) < 4.78 is 0.616. The quantitative estimate of drug-likeness (QED) is 0.763. The Labute approximate surface area is 152 Å². The lowest BCUT2D eigenvalue weighted by atomic mass is 9.98. The molecule has 23 heavy (non-hydrogen) atoms. The van der Waals surface area contributed by atoms with Gasteiger partial charge in [-0.05, 0) is 24.5 Å². The molecule has 0 spiro atoms. The fraction of sp³-hybridized carbons (Fsp3) is 0.600. The molecule has 2 amide bonds. The van der Waals surface area contributed by atoms with Crippen LogP contribution in [-0.2, 0) is 4.79 Å². The second-order valence-corrected chi connectivity index (χ2v) is 7.42. The maximum absolute atomic E-state index is 12.3. The zero-order chi connectivity index (χ0) is 16.1. The average molecular weight is 380 g/mol. The Morgan fingerprint density at radius 2 is 2.17 bits per heavy atom. The van der Waals surface area contributed by atoms with Gasteiger partial charge in [0.25, 0.3) is 5.91 Å². The first-order valence-corrected chi connectivity index (χ1v) is 8.76. The van der Waals surface area contributed by atoms with Gasteiger partial charge in [-0.1, -0.05) is 24.9 Å². The van der Waals surface area contributed by atoms with E-state index in [0.717, 1.165) is 25.9 Å². The summed E-state index contributed by atoms with van der Waals surface area (Å²) >= 11 is 7.17. The number of rotatable bonds is 7. The number of amides is 2. The van der Waals surface area contributed by atoms with Gasteiger partial charge in [-0.25, -0.2) is 0 Å². The standard InChI is InChI=1S/C15H22ClN3O2S.ClH/c1-2-3-10-8-19(7-6-14(17)20)9-11(10)18-15(21)12-4-5-13(16)22-12;/h4-5,10-11H,2-3,6-9H2,1H3,(H2,17,20)(H,18,21);1H/t10-,11-;/m0./s1. The zero-order valence-electron chi connectivity index (χ0n) is 13.1. The molecule has 0 aliphatic carbocycles. The lowest BCUT2D eigenvalue weighted by Gasteiger charge is -2.18. The number of likely N-dealkylation sites (tertiary alicyclic amines) is 1. The number of thiophene rings is 1. The van der Waals surface area contributed by atoms with Crippen LogP contribution in [0.15, 0.2) is 12.1 Å². The van der Waals surface area contributed by atoms with Crippen molar-refractivity contribution in [2.75, 3.05) is 19.6 Å². The third kappa shape index (κ3) is 5.95. The molecule has 1 aromatic rings. The first-order chi connectivity index (χ1) is 10.5. The molecule has 1 aliphatic rings. The SMILES string of the molecule is CCC[C@H]1CN(CCC(N)=O)C[C@@H]1NC(=O)c1ccc(Cl)s1.Cl. The molecule has 0 saturated carbocycles. The number of hydrogen-bond acceptors (Lipinski definition) is 4. The molecule has 0 bridgehead atoms. The Bertz CT molecular complexity index is 539. The van der Waals surface area contributed by atoms with Gasteiger partial charge in [0, 0.05) is 32.1 Å². The lowest BCUT2D eigenvalue weighted by Crippen LogP contribution is -2.40. The minimum atomic E-state index is -0.284. The number of halogens is 2. The summed E-state index contributed by atoms with van der Waals surface area (Å²) in [5.41, 5.74) is 5.21. The smallest absolute Gasteiger partial charge is 0.261 e. The van der Waals surface area contributed by atoms with Crippen molar-refractivity contribution >= 4 is 47.2 Å². The third-order valence-electron chi connectivity index (χ3n) is 3.96. The van der Waals surface area contributed by atoms with E-state index in [-0.39, 0.29) is 30.3 Å². The molecule has 0 aromatic carbocycles. The number of hydrogen-bond donors (Lipinski definition) is 2. The van der Waals surface area contributed by atoms with E-state index in [1.54, 1.807) is 12.1 Å². The number of nitrogens with two attached hydrogens (primary N) is 1. The van der Waals surface area contributed by atoms with Crippen molar-refractivity contribution in [1.82, 2.24) is 10.2 Å². The number of primary amides is 1. The Balaban J connectivity index is 0.00000264. The van der Waals surface area contributed by atoms with Crippen molar-refractivity contribution in [3.05, 3.63) is 21.3 Å². The molecule has 1 saturated heterocycles. The largest absolute Gasteiger partial charge is 0.370 e. The van der Waals surface area contributed by atoms with Crippen LogP contribution in [0.1, 0.15) is 35.9 Å². The van der Waals surface area contributed by atoms with Crippen LogP contribution in [0.2, 0.25) is 4.34 Å². The highest BCUT2D eigenvalue weighted by Gasteiger charge is 2.33. The molecule has 130 valence electrons. The zero-order valence-corrected chi connectivity index (χ0v) is 15.5. The summed E-state index contributed by atoms with van der Waals surface area (Å²) in [6.07, 6.45) is 2.49. The monoisotopic (exact) mass is 379 g/mol. The molecule has 0 radical (unpaired) electrons. The molecule has 2 atom stereocenters. The number of carbonyl (C=O) groups excluding carboxylic acids is 2. The van der Waals surface area contributed by atoms with Gasteiger partial charge in [-0.15, -0.1) is 23.7 Å². The third-order valence-corrected chi connectivity index (χ3v) is 5.19. The van der Waals surface area contributed by atoms with Gasteiger partial charge in [0.15, 0.2) is 0 Å². The fourth-order valence-corrected chi connectivity index (χ4v) is 3.86. The van der Waals surface area contributed by atoms with Crippen molar-refractivity contribution in [1.29, 1.82) is 0 Å². The van der Waals surface area contributed by atoms with Crippen LogP contribution in [0.4, 0.5) is 0 Å². The van der Waals surface area contributed by atoms with Gasteiger partial charge in [0.1, 0.15) is 0 Å². The van der Waals surface area contributed by atoms with Gasteiger partial charge in [-0.2, -0.15) is 0 Å². The summed E-state index contributed by atoms with van der Waals surface area (Å²) in [4.78, 5) is 26.0. The minimum absolute atomic E-state index is 0. The molecule has 1 fully saturated rings. The normalized spacial score (nSPS) is 21.0. The minimum Gasteiger partial charge on any atom is -0.370 e. The molecule has 0 unspecified atom stereocenters. The van der Waals surface area contributed by atoms with Crippen molar-refractivity contribution in [3.63, 3.8) is 0 Å². The highest BCUT2D eigenvalue weighted by molar-refractivity contribution is 7.18. The van der Waals surface area contributed by atoms with E-state index >= 15 is 0 Å². The van der Waals surface area contributed by atoms with Gasteiger partial charge < -0.3 is 16.0 Å². The fourth-order valence-electron chi connectivity index (χ4n) is 2.91. The van der Waals surface area contributed by atoms with Crippen molar-refractivity contribution in [2.45, 2.75) is 32.2 Å². The van der Waals surface area contributed by atoms with Crippen LogP contribution in [0.3, 0.4) is 0 Å². The average Bonchev–Trinajstić information content (AvgIpc) is 3.04. The van der Waals surface area contributed by atoms with Gasteiger partial charge in [-0.3, -0.25) is 9.59 Å². The second-order valence-electron chi connectivity index (χ2n) is 5.71. The first kappa shape index (κ1) is 20.2. The molecule has 2 rings (SSSR count). The van der Waals surface area contributed by atoms with Crippen molar-refractivity contribution in [3.8, 4) is 0 Å². The molecule has 1 aromatic heterocycles. The number of nitrogens with zero attached hydrogens (tertiary/aromatic N) is 1. The summed E-state index contributed by atoms with van der Waals surface area (Å²) in [5.74, 6) is 0.0600. The van der Waals surface area contributed by atoms with Crippen LogP contribution < -0.4 is 11.1 Å². The molecular weight excluding hydrogens is 357 g/mol. The Morgan fingerprint density at radius 3 is 2.74 bits per heavy atom. The van der Waals surface area contributed by atoms with E-state index in [0.29, 0.717) is 28.1 Å². The highest BCUT2D eigenvalue weighted by Crippen LogP contribution is 2.24. The van der Waals surface area contributed by atoms with Crippen LogP contribution >= 0.6 is 35.3 Å². The molecular formula is C15H23Cl2N3O2S. The molecule has 5 nitrogen and oxygen atoms in total. The maximum Gasteiger partial charge on any atom is 0.261 e. The molecule has 3 N–H and O–H groups in total. The van der Waals surface area contributed by atoms with Crippen molar-refractivity contribution < 1.29 is 9.59 Å². The summed E-state index contributed by atoms with van der Waals surface area (Å²) in [6, 6.07) is 3.59. The van der Waals surface area contributed by atoms with E-state index in [1.165, 1.54) is 11.3 Å². The van der Waals surface area contributed by atoms with Crippen LogP contribution in [-0.4, -0.2) is 42.4 Å². The molecule has 1 aliphatic heterocycles. The molecule has 8 heteroatoms. The Morgan fingerprint density at radius 1 is 1.43 bits per heavy atom. The van der Waals surface area contributed by atoms with Crippen LogP contribution in [0, 0.1) is 5.92 Å². The number of carbonyl (C=O) groups is 2. The van der Waals surface area contributed by atoms with Gasteiger partial charge in [0.05, 0.1) is 9.21 Å². The van der Waals surface area contributed by atoms with E-state index in [1.807, 2.05) is 0 Å².